The van der Waals surface area contributed by atoms with E-state index in [9.17, 15) is 14.4 Å². The van der Waals surface area contributed by atoms with Gasteiger partial charge in [-0.1, -0.05) is 161 Å². The quantitative estimate of drug-likeness (QED) is 0.0226. The van der Waals surface area contributed by atoms with Crippen molar-refractivity contribution in [1.82, 2.24) is 0 Å². The fraction of sp³-hybridized carbons (Fsp3) is 0.468. The molecule has 0 fully saturated rings. The normalized spacial score (nSPS) is 13.5. The molecule has 0 rings (SSSR count). The van der Waals surface area contributed by atoms with E-state index in [1.807, 2.05) is 91.1 Å². The zero-order valence-electron chi connectivity index (χ0n) is 33.0. The van der Waals surface area contributed by atoms with E-state index in [1.165, 1.54) is 0 Å². The van der Waals surface area contributed by atoms with Crippen LogP contribution in [0.25, 0.3) is 0 Å². The number of ether oxygens (including phenoxy) is 3. The van der Waals surface area contributed by atoms with Gasteiger partial charge in [-0.15, -0.1) is 0 Å². The lowest BCUT2D eigenvalue weighted by Crippen LogP contribution is -2.30. The monoisotopic (exact) mass is 729 g/mol. The van der Waals surface area contributed by atoms with Crippen LogP contribution in [-0.4, -0.2) is 37.2 Å². The minimum absolute atomic E-state index is 0.140. The summed E-state index contributed by atoms with van der Waals surface area (Å²) in [6, 6.07) is 0. The van der Waals surface area contributed by atoms with E-state index in [0.29, 0.717) is 19.3 Å². The Morgan fingerprint density at radius 2 is 0.792 bits per heavy atom. The highest BCUT2D eigenvalue weighted by Crippen LogP contribution is 2.09. The highest BCUT2D eigenvalue weighted by molar-refractivity contribution is 5.71. The van der Waals surface area contributed by atoms with Gasteiger partial charge in [0.25, 0.3) is 0 Å². The van der Waals surface area contributed by atoms with Crippen molar-refractivity contribution in [1.29, 1.82) is 0 Å². The van der Waals surface area contributed by atoms with E-state index in [4.69, 9.17) is 14.2 Å². The summed E-state index contributed by atoms with van der Waals surface area (Å²) in [6.07, 6.45) is 56.0. The van der Waals surface area contributed by atoms with Gasteiger partial charge in [0.05, 0.1) is 0 Å². The molecule has 6 heteroatoms. The first-order valence-electron chi connectivity index (χ1n) is 19.8. The second-order valence-electron chi connectivity index (χ2n) is 12.3. The summed E-state index contributed by atoms with van der Waals surface area (Å²) < 4.78 is 16.5. The number of hydrogen-bond donors (Lipinski definition) is 0. The highest BCUT2D eigenvalue weighted by atomic mass is 16.6. The van der Waals surface area contributed by atoms with Crippen molar-refractivity contribution in [2.45, 2.75) is 130 Å². The topological polar surface area (TPSA) is 78.9 Å². The van der Waals surface area contributed by atoms with Crippen molar-refractivity contribution in [2.75, 3.05) is 13.2 Å². The number of unbranched alkanes of at least 4 members (excludes halogenated alkanes) is 6. The average Bonchev–Trinajstić information content (AvgIpc) is 3.15. The molecule has 0 bridgehead atoms. The average molecular weight is 729 g/mol. The molecule has 0 saturated carbocycles. The highest BCUT2D eigenvalue weighted by Gasteiger charge is 2.19. The van der Waals surface area contributed by atoms with Crippen molar-refractivity contribution in [2.24, 2.45) is 0 Å². The largest absolute Gasteiger partial charge is 0.462 e. The molecule has 6 nitrogen and oxygen atoms in total. The number of allylic oxidation sites excluding steroid dienone is 22. The second-order valence-corrected chi connectivity index (χ2v) is 12.3. The van der Waals surface area contributed by atoms with Gasteiger partial charge in [0.2, 0.25) is 0 Å². The van der Waals surface area contributed by atoms with Crippen LogP contribution in [0.15, 0.2) is 134 Å². The van der Waals surface area contributed by atoms with Crippen LogP contribution in [0.3, 0.4) is 0 Å². The molecular formula is C47H68O6. The van der Waals surface area contributed by atoms with E-state index in [0.717, 1.165) is 64.2 Å². The van der Waals surface area contributed by atoms with Gasteiger partial charge in [0.15, 0.2) is 6.10 Å². The minimum Gasteiger partial charge on any atom is -0.462 e. The molecule has 53 heavy (non-hydrogen) atoms. The molecule has 1 atom stereocenters. The first kappa shape index (κ1) is 48.5. The molecule has 0 heterocycles. The molecule has 0 aliphatic rings. The second kappa shape index (κ2) is 40.3. The van der Waals surface area contributed by atoms with Gasteiger partial charge in [-0.2, -0.15) is 0 Å². The predicted octanol–water partition coefficient (Wildman–Crippen LogP) is 12.4. The Hall–Kier alpha value is -4.45. The Morgan fingerprint density at radius 3 is 1.34 bits per heavy atom. The van der Waals surface area contributed by atoms with E-state index in [1.54, 1.807) is 0 Å². The molecule has 0 amide bonds. The number of hydrogen-bond acceptors (Lipinski definition) is 6. The maximum atomic E-state index is 12.6. The molecular weight excluding hydrogens is 661 g/mol. The number of carbonyl (C=O) groups is 3. The summed E-state index contributed by atoms with van der Waals surface area (Å²) in [6.45, 7) is 6.03. The van der Waals surface area contributed by atoms with Crippen molar-refractivity contribution in [3.63, 3.8) is 0 Å². The van der Waals surface area contributed by atoms with Gasteiger partial charge < -0.3 is 14.2 Å². The van der Waals surface area contributed by atoms with Gasteiger partial charge in [-0.05, 0) is 77.0 Å². The molecule has 0 aliphatic carbocycles. The fourth-order valence-corrected chi connectivity index (χ4v) is 4.46. The number of rotatable bonds is 32. The van der Waals surface area contributed by atoms with Gasteiger partial charge >= 0.3 is 17.9 Å². The Balaban J connectivity index is 4.66. The third-order valence-electron chi connectivity index (χ3n) is 7.35. The maximum absolute atomic E-state index is 12.6. The van der Waals surface area contributed by atoms with Gasteiger partial charge in [-0.3, -0.25) is 14.4 Å². The summed E-state index contributed by atoms with van der Waals surface area (Å²) in [4.78, 5) is 37.5. The standard InChI is InChI=1S/C47H68O6/c1-4-7-10-13-16-19-21-23-25-28-31-34-37-40-46(49)52-43-44(42-51-45(48)39-36-33-30-27-18-15-12-9-6-3)53-47(50)41-38-35-32-29-26-24-22-20-17-14-11-8-5-2/h7-14,16-28,31,44H,4-6,15,29-30,32-43H2,1-3H3/b10-7-,11-8-,12-9-,16-13-,17-14-,21-19-,22-20-,25-23-,26-24-,27-18-,31-28-. The summed E-state index contributed by atoms with van der Waals surface area (Å²) in [5.41, 5.74) is 0. The predicted molar refractivity (Wildman–Crippen MR) is 223 cm³/mol. The van der Waals surface area contributed by atoms with E-state index in [-0.39, 0.29) is 50.4 Å². The van der Waals surface area contributed by atoms with Gasteiger partial charge in [0.1, 0.15) is 13.2 Å². The third-order valence-corrected chi connectivity index (χ3v) is 7.35. The molecule has 1 unspecified atom stereocenters. The summed E-state index contributed by atoms with van der Waals surface area (Å²) in [5, 5.41) is 0. The van der Waals surface area contributed by atoms with Crippen molar-refractivity contribution in [3.05, 3.63) is 134 Å². The van der Waals surface area contributed by atoms with Crippen molar-refractivity contribution >= 4 is 17.9 Å². The molecule has 0 aliphatic heterocycles. The van der Waals surface area contributed by atoms with Crippen LogP contribution in [0, 0.1) is 0 Å². The van der Waals surface area contributed by atoms with Crippen LogP contribution in [0.2, 0.25) is 0 Å². The molecule has 292 valence electrons. The van der Waals surface area contributed by atoms with Crippen LogP contribution >= 0.6 is 0 Å². The van der Waals surface area contributed by atoms with Crippen LogP contribution in [0.5, 0.6) is 0 Å². The first-order chi connectivity index (χ1) is 26.0. The van der Waals surface area contributed by atoms with Crippen LogP contribution in [-0.2, 0) is 28.6 Å². The Morgan fingerprint density at radius 1 is 0.396 bits per heavy atom. The molecule has 0 saturated heterocycles. The van der Waals surface area contributed by atoms with E-state index >= 15 is 0 Å². The minimum atomic E-state index is -0.841. The molecule has 0 radical (unpaired) electrons. The first-order valence-corrected chi connectivity index (χ1v) is 19.8. The fourth-order valence-electron chi connectivity index (χ4n) is 4.46. The molecule has 0 aromatic rings. The summed E-state index contributed by atoms with van der Waals surface area (Å²) in [7, 11) is 0. The molecule has 0 aromatic heterocycles. The molecule has 0 spiro atoms. The van der Waals surface area contributed by atoms with Crippen LogP contribution in [0.1, 0.15) is 124 Å². The SMILES string of the molecule is CC\C=C/C=C\C=C/C=C\C=C/CCCC(=O)OCC(COC(=O)CCCC/C=C\C/C=C\CC)OC(=O)CCCCC\C=C/C=C\C=C/C=C\CC. The molecule has 0 aromatic carbocycles. The third kappa shape index (κ3) is 38.6. The summed E-state index contributed by atoms with van der Waals surface area (Å²) in [5.74, 6) is -1.11. The zero-order valence-corrected chi connectivity index (χ0v) is 33.0. The van der Waals surface area contributed by atoms with E-state index in [2.05, 4.69) is 63.3 Å². The van der Waals surface area contributed by atoms with Crippen LogP contribution in [0.4, 0.5) is 0 Å². The van der Waals surface area contributed by atoms with Gasteiger partial charge in [0, 0.05) is 19.3 Å². The van der Waals surface area contributed by atoms with Crippen LogP contribution < -0.4 is 0 Å². The van der Waals surface area contributed by atoms with Gasteiger partial charge in [-0.25, -0.2) is 0 Å². The maximum Gasteiger partial charge on any atom is 0.306 e. The van der Waals surface area contributed by atoms with E-state index < -0.39 is 6.10 Å². The lowest BCUT2D eigenvalue weighted by Gasteiger charge is -2.18. The number of carbonyl (C=O) groups excluding carboxylic acids is 3. The van der Waals surface area contributed by atoms with Crippen molar-refractivity contribution < 1.29 is 28.6 Å². The zero-order chi connectivity index (χ0) is 38.7. The van der Waals surface area contributed by atoms with Crippen molar-refractivity contribution in [3.8, 4) is 0 Å². The summed E-state index contributed by atoms with van der Waals surface area (Å²) >= 11 is 0. The Kier molecular flexibility index (Phi) is 36.9. The number of esters is 3. The lowest BCUT2D eigenvalue weighted by atomic mass is 10.1. The lowest BCUT2D eigenvalue weighted by molar-refractivity contribution is -0.167. The Labute approximate surface area is 322 Å². The Bertz CT molecular complexity index is 1250. The molecule has 0 N–H and O–H groups in total. The smallest absolute Gasteiger partial charge is 0.306 e.